The van der Waals surface area contributed by atoms with Gasteiger partial charge in [-0.1, -0.05) is 6.92 Å². The number of anilines is 1. The van der Waals surface area contributed by atoms with E-state index in [2.05, 4.69) is 20.2 Å². The maximum Gasteiger partial charge on any atom is 0.269 e. The van der Waals surface area contributed by atoms with E-state index in [9.17, 15) is 14.4 Å². The summed E-state index contributed by atoms with van der Waals surface area (Å²) in [6.45, 7) is 5.82. The van der Waals surface area contributed by atoms with Crippen molar-refractivity contribution in [2.75, 3.05) is 31.6 Å². The first-order valence-electron chi connectivity index (χ1n) is 10.4. The van der Waals surface area contributed by atoms with E-state index in [1.54, 1.807) is 31.0 Å². The first kappa shape index (κ1) is 20.8. The number of amides is 2. The molecular weight excluding hydrogens is 396 g/mol. The smallest absolute Gasteiger partial charge is 0.269 e. The molecule has 2 amide bonds. The summed E-state index contributed by atoms with van der Waals surface area (Å²) < 4.78 is 1.93. The lowest BCUT2D eigenvalue weighted by Crippen LogP contribution is -2.50. The van der Waals surface area contributed by atoms with Crippen LogP contribution in [0.1, 0.15) is 34.2 Å². The van der Waals surface area contributed by atoms with Crippen LogP contribution in [0.25, 0.3) is 5.65 Å². The third-order valence-corrected chi connectivity index (χ3v) is 5.70. The van der Waals surface area contributed by atoms with E-state index in [1.807, 2.05) is 29.8 Å². The summed E-state index contributed by atoms with van der Waals surface area (Å²) in [4.78, 5) is 47.9. The molecule has 9 heteroatoms. The number of hydrogen-bond acceptors (Lipinski definition) is 5. The van der Waals surface area contributed by atoms with E-state index in [-0.39, 0.29) is 23.9 Å². The number of piperazine rings is 1. The lowest BCUT2D eigenvalue weighted by atomic mass is 10.2. The van der Waals surface area contributed by atoms with Gasteiger partial charge in [-0.25, -0.2) is 4.98 Å². The van der Waals surface area contributed by atoms with Crippen molar-refractivity contribution in [3.63, 3.8) is 0 Å². The molecule has 1 aliphatic rings. The summed E-state index contributed by atoms with van der Waals surface area (Å²) in [5.41, 5.74) is 4.11. The summed E-state index contributed by atoms with van der Waals surface area (Å²) in [5, 5.41) is 2.55. The van der Waals surface area contributed by atoms with Crippen LogP contribution in [0.5, 0.6) is 0 Å². The number of H-pyrrole nitrogens is 1. The van der Waals surface area contributed by atoms with Crippen molar-refractivity contribution < 1.29 is 9.59 Å². The molecule has 31 heavy (non-hydrogen) atoms. The Hall–Kier alpha value is -3.46. The van der Waals surface area contributed by atoms with Crippen molar-refractivity contribution in [3.8, 4) is 0 Å². The van der Waals surface area contributed by atoms with Crippen molar-refractivity contribution in [2.45, 2.75) is 26.8 Å². The number of nitrogens with one attached hydrogen (secondary N) is 2. The normalized spacial score (nSPS) is 14.9. The molecule has 0 spiro atoms. The van der Waals surface area contributed by atoms with Gasteiger partial charge >= 0.3 is 0 Å². The van der Waals surface area contributed by atoms with Crippen LogP contribution in [0.3, 0.4) is 0 Å². The van der Waals surface area contributed by atoms with Crippen LogP contribution in [-0.4, -0.2) is 57.8 Å². The highest BCUT2D eigenvalue weighted by Crippen LogP contribution is 2.22. The van der Waals surface area contributed by atoms with Crippen molar-refractivity contribution in [3.05, 3.63) is 63.5 Å². The highest BCUT2D eigenvalue weighted by Gasteiger charge is 2.27. The summed E-state index contributed by atoms with van der Waals surface area (Å²) in [6, 6.07) is 5.39. The molecule has 3 aromatic heterocycles. The Bertz CT molecular complexity index is 1210. The van der Waals surface area contributed by atoms with E-state index in [1.165, 1.54) is 0 Å². The molecule has 0 aliphatic carbocycles. The van der Waals surface area contributed by atoms with E-state index in [4.69, 9.17) is 0 Å². The molecule has 0 unspecified atom stereocenters. The third kappa shape index (κ3) is 3.96. The van der Waals surface area contributed by atoms with E-state index in [0.29, 0.717) is 37.4 Å². The van der Waals surface area contributed by atoms with Crippen molar-refractivity contribution >= 4 is 23.1 Å². The van der Waals surface area contributed by atoms with Crippen LogP contribution in [0, 0.1) is 6.92 Å². The number of carbonyl (C=O) groups excluding carboxylic acids is 2. The van der Waals surface area contributed by atoms with Gasteiger partial charge in [-0.3, -0.25) is 19.3 Å². The van der Waals surface area contributed by atoms with Gasteiger partial charge in [0.2, 0.25) is 5.91 Å². The fraction of sp³-hybridized carbons (Fsp3) is 0.364. The van der Waals surface area contributed by atoms with Gasteiger partial charge in [0.15, 0.2) is 0 Å². The van der Waals surface area contributed by atoms with E-state index in [0.717, 1.165) is 22.5 Å². The Morgan fingerprint density at radius 2 is 2.00 bits per heavy atom. The summed E-state index contributed by atoms with van der Waals surface area (Å²) in [6.07, 6.45) is 4.47. The molecule has 0 saturated carbocycles. The van der Waals surface area contributed by atoms with Crippen LogP contribution >= 0.6 is 0 Å². The standard InChI is InChI=1S/C22H26N6O3/c1-4-15-12-27-8-7-16(20(27)25-21(15)30)11-26-9-10-28(19(29)13-26)18-6-5-17(22(31)23-3)24-14(18)2/h5-8,12H,4,9-11,13H2,1-3H3,(H,23,31)(H,25,30). The minimum atomic E-state index is -0.255. The molecule has 0 bridgehead atoms. The Labute approximate surface area is 179 Å². The number of aromatic amines is 1. The highest BCUT2D eigenvalue weighted by molar-refractivity contribution is 5.97. The van der Waals surface area contributed by atoms with Crippen LogP contribution in [0.4, 0.5) is 5.69 Å². The number of aryl methyl sites for hydroxylation is 2. The Balaban J connectivity index is 1.48. The Morgan fingerprint density at radius 1 is 1.19 bits per heavy atom. The van der Waals surface area contributed by atoms with Gasteiger partial charge in [0, 0.05) is 50.2 Å². The van der Waals surface area contributed by atoms with Crippen LogP contribution < -0.4 is 15.8 Å². The quantitative estimate of drug-likeness (QED) is 0.641. The van der Waals surface area contributed by atoms with Crippen LogP contribution in [0.15, 0.2) is 35.4 Å². The molecule has 162 valence electrons. The SMILES string of the molecule is CCc1cn2ccc(CN3CCN(c4ccc(C(=O)NC)nc4C)C(=O)C3)c2[nH]c1=O. The molecule has 1 fully saturated rings. The summed E-state index contributed by atoms with van der Waals surface area (Å²) in [5.74, 6) is -0.274. The largest absolute Gasteiger partial charge is 0.354 e. The van der Waals surface area contributed by atoms with Gasteiger partial charge in [-0.2, -0.15) is 0 Å². The van der Waals surface area contributed by atoms with Gasteiger partial charge in [0.05, 0.1) is 17.9 Å². The van der Waals surface area contributed by atoms with Gasteiger partial charge < -0.3 is 19.6 Å². The number of aromatic nitrogens is 3. The molecule has 1 aliphatic heterocycles. The Kier molecular flexibility index (Phi) is 5.60. The maximum atomic E-state index is 12.9. The zero-order valence-corrected chi connectivity index (χ0v) is 17.9. The third-order valence-electron chi connectivity index (χ3n) is 5.70. The molecule has 1 saturated heterocycles. The lowest BCUT2D eigenvalue weighted by Gasteiger charge is -2.34. The van der Waals surface area contributed by atoms with Gasteiger partial charge in [-0.05, 0) is 31.5 Å². The van der Waals surface area contributed by atoms with E-state index < -0.39 is 0 Å². The minimum absolute atomic E-state index is 0.0193. The van der Waals surface area contributed by atoms with Crippen molar-refractivity contribution in [2.24, 2.45) is 0 Å². The number of nitrogens with zero attached hydrogens (tertiary/aromatic N) is 4. The maximum absolute atomic E-state index is 12.9. The number of pyridine rings is 1. The van der Waals surface area contributed by atoms with Gasteiger partial charge in [0.1, 0.15) is 11.3 Å². The fourth-order valence-corrected chi connectivity index (χ4v) is 3.98. The topological polar surface area (TPSA) is 103 Å². The first-order chi connectivity index (χ1) is 14.9. The molecule has 0 atom stereocenters. The summed E-state index contributed by atoms with van der Waals surface area (Å²) in [7, 11) is 1.56. The number of hydrogen-bond donors (Lipinski definition) is 2. The molecular formula is C22H26N6O3. The van der Waals surface area contributed by atoms with Gasteiger partial charge in [-0.15, -0.1) is 0 Å². The number of carbonyl (C=O) groups is 2. The van der Waals surface area contributed by atoms with Crippen molar-refractivity contribution in [1.29, 1.82) is 0 Å². The zero-order valence-electron chi connectivity index (χ0n) is 17.9. The average molecular weight is 422 g/mol. The molecule has 4 rings (SSSR count). The molecule has 9 nitrogen and oxygen atoms in total. The summed E-state index contributed by atoms with van der Waals surface area (Å²) >= 11 is 0. The molecule has 2 N–H and O–H groups in total. The first-order valence-corrected chi connectivity index (χ1v) is 10.4. The van der Waals surface area contributed by atoms with E-state index >= 15 is 0 Å². The Morgan fingerprint density at radius 3 is 2.68 bits per heavy atom. The number of rotatable bonds is 5. The second-order valence-electron chi connectivity index (χ2n) is 7.70. The van der Waals surface area contributed by atoms with Crippen LogP contribution in [-0.2, 0) is 17.8 Å². The van der Waals surface area contributed by atoms with Crippen molar-refractivity contribution in [1.82, 2.24) is 24.6 Å². The predicted octanol–water partition coefficient (Wildman–Crippen LogP) is 1.10. The average Bonchev–Trinajstić information content (AvgIpc) is 3.14. The molecule has 0 radical (unpaired) electrons. The minimum Gasteiger partial charge on any atom is -0.354 e. The lowest BCUT2D eigenvalue weighted by molar-refractivity contribution is -0.121. The zero-order chi connectivity index (χ0) is 22.1. The highest BCUT2D eigenvalue weighted by atomic mass is 16.2. The molecule has 3 aromatic rings. The van der Waals surface area contributed by atoms with Crippen LogP contribution in [0.2, 0.25) is 0 Å². The monoisotopic (exact) mass is 422 g/mol. The molecule has 0 aromatic carbocycles. The fourth-order valence-electron chi connectivity index (χ4n) is 3.98. The predicted molar refractivity (Wildman–Crippen MR) is 117 cm³/mol. The second-order valence-corrected chi connectivity index (χ2v) is 7.70. The second kappa shape index (κ2) is 8.35. The molecule has 4 heterocycles. The number of fused-ring (bicyclic) bond motifs is 1. The van der Waals surface area contributed by atoms with Gasteiger partial charge in [0.25, 0.3) is 11.5 Å².